The number of aryl methyl sites for hydroxylation is 1. The van der Waals surface area contributed by atoms with E-state index in [4.69, 9.17) is 16.1 Å². The van der Waals surface area contributed by atoms with E-state index in [9.17, 15) is 14.7 Å². The summed E-state index contributed by atoms with van der Waals surface area (Å²) in [6.07, 6.45) is 7.00. The minimum absolute atomic E-state index is 0.263. The van der Waals surface area contributed by atoms with E-state index < -0.39 is 34.9 Å². The molecule has 4 rings (SSSR count). The molecule has 4 aromatic rings. The molecule has 3 heterocycles. The Labute approximate surface area is 199 Å². The molecule has 1 aromatic carbocycles. The normalized spacial score (nSPS) is 12.9. The maximum Gasteiger partial charge on any atom is 0.296 e. The summed E-state index contributed by atoms with van der Waals surface area (Å²) in [4.78, 5) is 30.0. The third-order valence-corrected chi connectivity index (χ3v) is 6.00. The second kappa shape index (κ2) is 9.52. The highest BCUT2D eigenvalue weighted by Gasteiger charge is 2.31. The fraction of sp³-hybridized carbons (Fsp3) is 0.261. The van der Waals surface area contributed by atoms with Crippen LogP contribution >= 0.6 is 11.6 Å². The minimum atomic E-state index is -0.770. The van der Waals surface area contributed by atoms with Gasteiger partial charge < -0.3 is 14.9 Å². The van der Waals surface area contributed by atoms with Crippen LogP contribution in [-0.2, 0) is 13.5 Å². The topological polar surface area (TPSA) is 128 Å². The third kappa shape index (κ3) is 4.32. The molecule has 0 saturated carbocycles. The molecular formula is C23H23ClN6O4. The van der Waals surface area contributed by atoms with Gasteiger partial charge in [-0.1, -0.05) is 48.8 Å². The molecule has 10 nitrogen and oxygen atoms in total. The van der Waals surface area contributed by atoms with Crippen molar-refractivity contribution in [2.24, 2.45) is 7.05 Å². The van der Waals surface area contributed by atoms with E-state index in [1.807, 2.05) is 38.2 Å². The molecule has 11 heteroatoms. The van der Waals surface area contributed by atoms with Crippen molar-refractivity contribution in [2.45, 2.75) is 32.2 Å². The first-order valence-electron chi connectivity index (χ1n) is 10.6. The lowest BCUT2D eigenvalue weighted by molar-refractivity contribution is 0.101. The number of carbonyl (C=O) groups excluding carboxylic acids is 1. The lowest BCUT2D eigenvalue weighted by atomic mass is 9.93. The summed E-state index contributed by atoms with van der Waals surface area (Å²) in [6.45, 7) is 3.89. The number of nitrogens with one attached hydrogen (secondary N) is 1. The molecule has 176 valence electrons. The van der Waals surface area contributed by atoms with Crippen LogP contribution < -0.4 is 10.9 Å². The van der Waals surface area contributed by atoms with Crippen LogP contribution in [0.1, 0.15) is 53.2 Å². The van der Waals surface area contributed by atoms with Crippen LogP contribution in [0, 0.1) is 0 Å². The van der Waals surface area contributed by atoms with Crippen molar-refractivity contribution in [2.75, 3.05) is 5.32 Å². The van der Waals surface area contributed by atoms with Gasteiger partial charge in [0.2, 0.25) is 5.75 Å². The van der Waals surface area contributed by atoms with Crippen molar-refractivity contribution in [3.63, 3.8) is 0 Å². The maximum absolute atomic E-state index is 12.8. The van der Waals surface area contributed by atoms with Gasteiger partial charge in [0.1, 0.15) is 17.8 Å². The highest BCUT2D eigenvalue weighted by Crippen LogP contribution is 2.36. The van der Waals surface area contributed by atoms with Crippen LogP contribution in [-0.4, -0.2) is 35.5 Å². The number of benzene rings is 1. The van der Waals surface area contributed by atoms with E-state index in [1.54, 1.807) is 16.9 Å². The van der Waals surface area contributed by atoms with Crippen LogP contribution in [0.15, 0.2) is 58.4 Å². The number of hydrogen-bond acceptors (Lipinski definition) is 7. The van der Waals surface area contributed by atoms with Crippen molar-refractivity contribution in [3.8, 4) is 5.75 Å². The minimum Gasteiger partial charge on any atom is -0.501 e. The van der Waals surface area contributed by atoms with Crippen LogP contribution in [0.3, 0.4) is 0 Å². The van der Waals surface area contributed by atoms with Crippen LogP contribution in [0.4, 0.5) is 5.69 Å². The Morgan fingerprint density at radius 3 is 2.71 bits per heavy atom. The molecule has 0 aliphatic rings. The molecular weight excluding hydrogens is 460 g/mol. The van der Waals surface area contributed by atoms with Gasteiger partial charge in [-0.25, -0.2) is 4.98 Å². The molecule has 3 aromatic heterocycles. The molecule has 0 fully saturated rings. The van der Waals surface area contributed by atoms with Gasteiger partial charge in [-0.05, 0) is 23.6 Å². The second-order valence-electron chi connectivity index (χ2n) is 7.84. The molecule has 2 N–H and O–H groups in total. The number of anilines is 1. The Kier molecular flexibility index (Phi) is 6.51. The van der Waals surface area contributed by atoms with Gasteiger partial charge >= 0.3 is 0 Å². The van der Waals surface area contributed by atoms with Crippen molar-refractivity contribution < 1.29 is 14.4 Å². The summed E-state index contributed by atoms with van der Waals surface area (Å²) in [5.74, 6) is -1.72. The fourth-order valence-electron chi connectivity index (χ4n) is 3.84. The number of halogens is 1. The van der Waals surface area contributed by atoms with Crippen molar-refractivity contribution in [3.05, 3.63) is 87.1 Å². The summed E-state index contributed by atoms with van der Waals surface area (Å²) < 4.78 is 7.71. The molecule has 0 aliphatic carbocycles. The zero-order chi connectivity index (χ0) is 24.4. The number of aromatic nitrogens is 5. The largest absolute Gasteiger partial charge is 0.501 e. The lowest BCUT2D eigenvalue weighted by Gasteiger charge is -2.27. The average Bonchev–Trinajstić information content (AvgIpc) is 3.51. The Balaban J connectivity index is 1.83. The molecule has 1 amide bonds. The van der Waals surface area contributed by atoms with Gasteiger partial charge in [-0.3, -0.25) is 18.8 Å². The number of carbonyl (C=O) groups is 1. The van der Waals surface area contributed by atoms with Crippen molar-refractivity contribution in [1.82, 2.24) is 24.5 Å². The Morgan fingerprint density at radius 2 is 2.06 bits per heavy atom. The molecule has 0 radical (unpaired) electrons. The number of aromatic hydroxyl groups is 1. The third-order valence-electron chi connectivity index (χ3n) is 5.66. The van der Waals surface area contributed by atoms with Crippen LogP contribution in [0.25, 0.3) is 0 Å². The Morgan fingerprint density at radius 1 is 1.29 bits per heavy atom. The Hall–Kier alpha value is -3.92. The van der Waals surface area contributed by atoms with Crippen LogP contribution in [0.2, 0.25) is 5.02 Å². The molecule has 0 bridgehead atoms. The molecule has 0 spiro atoms. The number of nitrogens with zero attached hydrogens (tertiary/aromatic N) is 5. The quantitative estimate of drug-likeness (QED) is 0.412. The summed E-state index contributed by atoms with van der Waals surface area (Å²) in [5.41, 5.74) is 0.920. The van der Waals surface area contributed by atoms with Gasteiger partial charge in [0.05, 0.1) is 18.4 Å². The number of rotatable bonds is 7. The summed E-state index contributed by atoms with van der Waals surface area (Å²) in [5, 5.41) is 21.5. The summed E-state index contributed by atoms with van der Waals surface area (Å²) in [6, 6.07) is 6.92. The predicted molar refractivity (Wildman–Crippen MR) is 125 cm³/mol. The number of hydrogen-bond donors (Lipinski definition) is 2. The first kappa shape index (κ1) is 23.2. The molecule has 2 atom stereocenters. The second-order valence-corrected chi connectivity index (χ2v) is 8.24. The highest BCUT2D eigenvalue weighted by atomic mass is 35.5. The molecule has 0 aliphatic heterocycles. The van der Waals surface area contributed by atoms with Gasteiger partial charge in [-0.15, -0.1) is 0 Å². The molecule has 0 unspecified atom stereocenters. The van der Waals surface area contributed by atoms with Crippen molar-refractivity contribution in [1.29, 1.82) is 0 Å². The standard InChI is InChI=1S/C23H23ClN6O4/c1-4-14-9-25-30(11-14)19(16-7-5-6-8-17(16)24)13(2)21-28-18(20(31)23(33)29(21)3)22(32)27-15-10-26-34-12-15/h5-13,19,31H,4H2,1-3H3,(H,27,32)/t13-,19-/m1/s1. The highest BCUT2D eigenvalue weighted by molar-refractivity contribution is 6.31. The average molecular weight is 483 g/mol. The van der Waals surface area contributed by atoms with Gasteiger partial charge in [0, 0.05) is 24.2 Å². The summed E-state index contributed by atoms with van der Waals surface area (Å²) >= 11 is 6.55. The summed E-state index contributed by atoms with van der Waals surface area (Å²) in [7, 11) is 1.49. The van der Waals surface area contributed by atoms with Gasteiger partial charge in [0.15, 0.2) is 5.69 Å². The number of amides is 1. The van der Waals surface area contributed by atoms with Gasteiger partial charge in [-0.2, -0.15) is 5.10 Å². The van der Waals surface area contributed by atoms with E-state index in [1.165, 1.54) is 24.1 Å². The first-order valence-corrected chi connectivity index (χ1v) is 11.0. The SMILES string of the molecule is CCc1cnn([C@@H](c2ccccc2Cl)[C@@H](C)c2nc(C(=O)Nc3cnoc3)c(O)c(=O)n2C)c1. The maximum atomic E-state index is 12.8. The fourth-order valence-corrected chi connectivity index (χ4v) is 4.09. The van der Waals surface area contributed by atoms with Crippen LogP contribution in [0.5, 0.6) is 5.75 Å². The van der Waals surface area contributed by atoms with E-state index in [-0.39, 0.29) is 11.5 Å². The predicted octanol–water partition coefficient (Wildman–Crippen LogP) is 3.53. The molecule has 34 heavy (non-hydrogen) atoms. The van der Waals surface area contributed by atoms with Crippen molar-refractivity contribution >= 4 is 23.2 Å². The van der Waals surface area contributed by atoms with E-state index in [2.05, 4.69) is 20.6 Å². The molecule has 0 saturated heterocycles. The first-order chi connectivity index (χ1) is 16.3. The zero-order valence-electron chi connectivity index (χ0n) is 18.8. The van der Waals surface area contributed by atoms with E-state index >= 15 is 0 Å². The Bertz CT molecular complexity index is 1380. The zero-order valence-corrected chi connectivity index (χ0v) is 19.5. The lowest BCUT2D eigenvalue weighted by Crippen LogP contribution is -2.30. The van der Waals surface area contributed by atoms with Gasteiger partial charge in [0.25, 0.3) is 11.5 Å². The van der Waals surface area contributed by atoms with E-state index in [0.717, 1.165) is 17.5 Å². The van der Waals surface area contributed by atoms with E-state index in [0.29, 0.717) is 5.02 Å². The smallest absolute Gasteiger partial charge is 0.296 e. The monoisotopic (exact) mass is 482 g/mol.